The Labute approximate surface area is 98.7 Å². The molecule has 1 aromatic heterocycles. The van der Waals surface area contributed by atoms with Crippen molar-refractivity contribution in [3.05, 3.63) is 53.3 Å². The van der Waals surface area contributed by atoms with Crippen LogP contribution in [0.1, 0.15) is 5.56 Å². The van der Waals surface area contributed by atoms with Crippen LogP contribution in [-0.4, -0.2) is 4.98 Å². The van der Waals surface area contributed by atoms with Gasteiger partial charge in [-0.05, 0) is 29.3 Å². The van der Waals surface area contributed by atoms with Gasteiger partial charge in [0.05, 0.1) is 0 Å². The van der Waals surface area contributed by atoms with Gasteiger partial charge in [0.2, 0.25) is 0 Å². The molecule has 1 nitrogen and oxygen atoms in total. The minimum atomic E-state index is 0.474. The second kappa shape index (κ2) is 4.65. The zero-order valence-electron chi connectivity index (χ0n) is 7.95. The lowest BCUT2D eigenvalue weighted by Gasteiger charge is -2.03. The number of nitrogens with zero attached hydrogens (tertiary/aromatic N) is 1. The summed E-state index contributed by atoms with van der Waals surface area (Å²) in [5.74, 6) is 0.474. The van der Waals surface area contributed by atoms with Gasteiger partial charge in [-0.15, -0.1) is 11.6 Å². The highest BCUT2D eigenvalue weighted by Gasteiger charge is 2.00. The summed E-state index contributed by atoms with van der Waals surface area (Å²) in [5, 5.41) is 0.726. The molecule has 0 bridgehead atoms. The molecule has 15 heavy (non-hydrogen) atoms. The lowest BCUT2D eigenvalue weighted by Crippen LogP contribution is -1.84. The highest BCUT2D eigenvalue weighted by atomic mass is 35.5. The molecule has 76 valence electrons. The maximum absolute atomic E-state index is 5.92. The molecule has 0 unspecified atom stereocenters. The first kappa shape index (κ1) is 10.5. The fourth-order valence-electron chi connectivity index (χ4n) is 1.39. The summed E-state index contributed by atoms with van der Waals surface area (Å²) in [5.41, 5.74) is 3.10. The molecule has 0 atom stereocenters. The summed E-state index contributed by atoms with van der Waals surface area (Å²) < 4.78 is 0. The Bertz CT molecular complexity index is 469. The van der Waals surface area contributed by atoms with E-state index in [0.717, 1.165) is 21.7 Å². The number of hydrogen-bond donors (Lipinski definition) is 0. The highest BCUT2D eigenvalue weighted by molar-refractivity contribution is 6.30. The minimum absolute atomic E-state index is 0.474. The van der Waals surface area contributed by atoms with Gasteiger partial charge in [-0.2, -0.15) is 0 Å². The van der Waals surface area contributed by atoms with Crippen molar-refractivity contribution in [1.82, 2.24) is 4.98 Å². The predicted octanol–water partition coefficient (Wildman–Crippen LogP) is 4.14. The summed E-state index contributed by atoms with van der Waals surface area (Å²) in [6.45, 7) is 0. The van der Waals surface area contributed by atoms with Crippen molar-refractivity contribution in [2.75, 3.05) is 0 Å². The van der Waals surface area contributed by atoms with Crippen LogP contribution < -0.4 is 0 Å². The molecule has 0 saturated heterocycles. The molecule has 0 amide bonds. The molecular formula is C12H9Cl2N. The second-order valence-electron chi connectivity index (χ2n) is 3.23. The van der Waals surface area contributed by atoms with E-state index in [4.69, 9.17) is 23.2 Å². The van der Waals surface area contributed by atoms with E-state index in [1.807, 2.05) is 36.5 Å². The van der Waals surface area contributed by atoms with Crippen molar-refractivity contribution in [3.63, 3.8) is 0 Å². The number of pyridine rings is 1. The van der Waals surface area contributed by atoms with Crippen molar-refractivity contribution in [1.29, 1.82) is 0 Å². The van der Waals surface area contributed by atoms with Crippen LogP contribution in [0, 0.1) is 0 Å². The maximum Gasteiger partial charge on any atom is 0.0489 e. The molecule has 1 aromatic carbocycles. The third-order valence-electron chi connectivity index (χ3n) is 2.11. The summed E-state index contributed by atoms with van der Waals surface area (Å²) in [4.78, 5) is 4.13. The Morgan fingerprint density at radius 3 is 2.67 bits per heavy atom. The third kappa shape index (κ3) is 2.49. The van der Waals surface area contributed by atoms with Crippen LogP contribution in [0.4, 0.5) is 0 Å². The molecular weight excluding hydrogens is 229 g/mol. The number of alkyl halides is 1. The molecule has 0 radical (unpaired) electrons. The lowest BCUT2D eigenvalue weighted by molar-refractivity contribution is 1.25. The van der Waals surface area contributed by atoms with Crippen molar-refractivity contribution in [2.45, 2.75) is 5.88 Å². The summed E-state index contributed by atoms with van der Waals surface area (Å²) in [6, 6.07) is 9.71. The Kier molecular flexibility index (Phi) is 3.24. The normalized spacial score (nSPS) is 10.3. The van der Waals surface area contributed by atoms with E-state index in [1.54, 1.807) is 6.20 Å². The van der Waals surface area contributed by atoms with Crippen LogP contribution in [0.5, 0.6) is 0 Å². The standard InChI is InChI=1S/C12H9Cl2N/c13-6-9-4-11(8-15-7-9)10-2-1-3-12(14)5-10/h1-5,7-8H,6H2. The number of benzene rings is 1. The van der Waals surface area contributed by atoms with Crippen molar-refractivity contribution >= 4 is 23.2 Å². The predicted molar refractivity (Wildman–Crippen MR) is 64.2 cm³/mol. The van der Waals surface area contributed by atoms with Crippen LogP contribution >= 0.6 is 23.2 Å². The molecule has 3 heteroatoms. The van der Waals surface area contributed by atoms with Crippen LogP contribution in [0.2, 0.25) is 5.02 Å². The monoisotopic (exact) mass is 237 g/mol. The van der Waals surface area contributed by atoms with Crippen LogP contribution in [0.25, 0.3) is 11.1 Å². The van der Waals surface area contributed by atoms with E-state index in [-0.39, 0.29) is 0 Å². The minimum Gasteiger partial charge on any atom is -0.264 e. The number of halogens is 2. The molecule has 0 aliphatic carbocycles. The van der Waals surface area contributed by atoms with E-state index >= 15 is 0 Å². The fraction of sp³-hybridized carbons (Fsp3) is 0.0833. The Hall–Kier alpha value is -1.05. The van der Waals surface area contributed by atoms with E-state index in [0.29, 0.717) is 5.88 Å². The average molecular weight is 238 g/mol. The Morgan fingerprint density at radius 1 is 1.07 bits per heavy atom. The molecule has 1 heterocycles. The first-order valence-corrected chi connectivity index (χ1v) is 5.46. The van der Waals surface area contributed by atoms with Gasteiger partial charge in [0.25, 0.3) is 0 Å². The Morgan fingerprint density at radius 2 is 1.93 bits per heavy atom. The quantitative estimate of drug-likeness (QED) is 0.716. The Balaban J connectivity index is 2.44. The average Bonchev–Trinajstić information content (AvgIpc) is 2.29. The highest BCUT2D eigenvalue weighted by Crippen LogP contribution is 2.22. The number of hydrogen-bond acceptors (Lipinski definition) is 1. The zero-order valence-corrected chi connectivity index (χ0v) is 9.46. The van der Waals surface area contributed by atoms with Gasteiger partial charge < -0.3 is 0 Å². The maximum atomic E-state index is 5.92. The molecule has 0 aliphatic heterocycles. The first-order chi connectivity index (χ1) is 7.29. The molecule has 0 N–H and O–H groups in total. The third-order valence-corrected chi connectivity index (χ3v) is 2.65. The SMILES string of the molecule is ClCc1cncc(-c2cccc(Cl)c2)c1. The summed E-state index contributed by atoms with van der Waals surface area (Å²) >= 11 is 11.7. The smallest absolute Gasteiger partial charge is 0.0489 e. The van der Waals surface area contributed by atoms with Gasteiger partial charge in [-0.25, -0.2) is 0 Å². The second-order valence-corrected chi connectivity index (χ2v) is 3.93. The number of aromatic nitrogens is 1. The molecule has 0 spiro atoms. The topological polar surface area (TPSA) is 12.9 Å². The largest absolute Gasteiger partial charge is 0.264 e. The van der Waals surface area contributed by atoms with E-state index in [9.17, 15) is 0 Å². The lowest BCUT2D eigenvalue weighted by atomic mass is 10.1. The molecule has 0 aliphatic rings. The zero-order chi connectivity index (χ0) is 10.7. The molecule has 2 aromatic rings. The van der Waals surface area contributed by atoms with Gasteiger partial charge in [-0.3, -0.25) is 4.98 Å². The van der Waals surface area contributed by atoms with Crippen molar-refractivity contribution in [2.24, 2.45) is 0 Å². The van der Waals surface area contributed by atoms with E-state index < -0.39 is 0 Å². The van der Waals surface area contributed by atoms with Gasteiger partial charge >= 0.3 is 0 Å². The van der Waals surface area contributed by atoms with E-state index in [1.165, 1.54) is 0 Å². The van der Waals surface area contributed by atoms with Crippen molar-refractivity contribution in [3.8, 4) is 11.1 Å². The van der Waals surface area contributed by atoms with Crippen molar-refractivity contribution < 1.29 is 0 Å². The van der Waals surface area contributed by atoms with Crippen LogP contribution in [-0.2, 0) is 5.88 Å². The number of rotatable bonds is 2. The van der Waals surface area contributed by atoms with Gasteiger partial charge in [0.15, 0.2) is 0 Å². The first-order valence-electron chi connectivity index (χ1n) is 4.55. The van der Waals surface area contributed by atoms with Crippen LogP contribution in [0.3, 0.4) is 0 Å². The molecule has 0 saturated carbocycles. The summed E-state index contributed by atoms with van der Waals surface area (Å²) in [7, 11) is 0. The summed E-state index contributed by atoms with van der Waals surface area (Å²) in [6.07, 6.45) is 3.57. The van der Waals surface area contributed by atoms with Gasteiger partial charge in [-0.1, -0.05) is 23.7 Å². The molecule has 2 rings (SSSR count). The van der Waals surface area contributed by atoms with Gasteiger partial charge in [0.1, 0.15) is 0 Å². The van der Waals surface area contributed by atoms with E-state index in [2.05, 4.69) is 4.98 Å². The fourth-order valence-corrected chi connectivity index (χ4v) is 1.72. The van der Waals surface area contributed by atoms with Crippen LogP contribution in [0.15, 0.2) is 42.7 Å². The molecule has 0 fully saturated rings. The van der Waals surface area contributed by atoms with Gasteiger partial charge in [0, 0.05) is 28.9 Å².